The van der Waals surface area contributed by atoms with Crippen LogP contribution in [0.1, 0.15) is 0 Å². The topological polar surface area (TPSA) is 94.5 Å². The van der Waals surface area contributed by atoms with E-state index in [-0.39, 0.29) is 0 Å². The first-order chi connectivity index (χ1) is 11.7. The Bertz CT molecular complexity index is 1010. The molecule has 0 unspecified atom stereocenters. The van der Waals surface area contributed by atoms with Gasteiger partial charge >= 0.3 is 0 Å². The van der Waals surface area contributed by atoms with E-state index < -0.39 is 0 Å². The molecular weight excluding hydrogens is 342 g/mol. The van der Waals surface area contributed by atoms with E-state index in [4.69, 9.17) is 5.73 Å². The first-order valence-corrected chi connectivity index (χ1v) is 9.13. The van der Waals surface area contributed by atoms with Crippen molar-refractivity contribution in [3.05, 3.63) is 42.5 Å². The van der Waals surface area contributed by atoms with Gasteiger partial charge in [-0.05, 0) is 29.2 Å². The van der Waals surface area contributed by atoms with Crippen molar-refractivity contribution in [1.82, 2.24) is 25.0 Å². The molecule has 120 valence electrons. The van der Waals surface area contributed by atoms with Gasteiger partial charge in [0.1, 0.15) is 0 Å². The van der Waals surface area contributed by atoms with Crippen LogP contribution >= 0.6 is 23.1 Å². The third-order valence-electron chi connectivity index (χ3n) is 3.39. The van der Waals surface area contributed by atoms with E-state index in [0.29, 0.717) is 21.4 Å². The lowest BCUT2D eigenvalue weighted by molar-refractivity contribution is 0.818. The van der Waals surface area contributed by atoms with Crippen LogP contribution in [-0.4, -0.2) is 31.2 Å². The minimum Gasteiger partial charge on any atom is -0.368 e. The van der Waals surface area contributed by atoms with Gasteiger partial charge in [0, 0.05) is 5.69 Å². The van der Waals surface area contributed by atoms with Gasteiger partial charge in [0.15, 0.2) is 0 Å². The fraction of sp³-hybridized carbons (Fsp3) is 0.0667. The molecule has 0 atom stereocenters. The van der Waals surface area contributed by atoms with Gasteiger partial charge in [-0.3, -0.25) is 0 Å². The Balaban J connectivity index is 1.61. The highest BCUT2D eigenvalue weighted by atomic mass is 32.2. The normalized spacial score (nSPS) is 11.0. The van der Waals surface area contributed by atoms with Gasteiger partial charge < -0.3 is 11.1 Å². The van der Waals surface area contributed by atoms with Gasteiger partial charge in [0.05, 0.1) is 0 Å². The van der Waals surface area contributed by atoms with Crippen LogP contribution in [0.5, 0.6) is 0 Å². The Hall–Kier alpha value is -2.65. The number of hydrogen-bond acceptors (Lipinski definition) is 8. The number of rotatable bonds is 4. The maximum Gasteiger partial charge on any atom is 0.237 e. The second-order valence-electron chi connectivity index (χ2n) is 4.95. The molecule has 0 spiro atoms. The molecule has 0 aliphatic rings. The van der Waals surface area contributed by atoms with E-state index in [1.807, 2.05) is 24.5 Å². The lowest BCUT2D eigenvalue weighted by atomic mass is 10.1. The van der Waals surface area contributed by atoms with Crippen molar-refractivity contribution in [2.45, 2.75) is 5.16 Å². The second-order valence-corrected chi connectivity index (χ2v) is 6.67. The molecule has 7 nitrogen and oxygen atoms in total. The number of hydrogen-bond donors (Lipinski definition) is 2. The van der Waals surface area contributed by atoms with E-state index in [2.05, 4.69) is 49.9 Å². The fourth-order valence-electron chi connectivity index (χ4n) is 2.27. The Morgan fingerprint density at radius 2 is 1.96 bits per heavy atom. The van der Waals surface area contributed by atoms with E-state index in [0.717, 1.165) is 11.1 Å². The van der Waals surface area contributed by atoms with Crippen LogP contribution in [0.2, 0.25) is 0 Å². The van der Waals surface area contributed by atoms with Crippen LogP contribution < -0.4 is 11.1 Å². The summed E-state index contributed by atoms with van der Waals surface area (Å²) in [5, 5.41) is 20.0. The summed E-state index contributed by atoms with van der Waals surface area (Å²) in [4.78, 5) is 4.14. The molecule has 0 bridgehead atoms. The third kappa shape index (κ3) is 2.79. The number of fused-ring (bicyclic) bond motifs is 1. The molecule has 9 heteroatoms. The van der Waals surface area contributed by atoms with Crippen LogP contribution in [0.15, 0.2) is 47.6 Å². The summed E-state index contributed by atoms with van der Waals surface area (Å²) >= 11 is 2.79. The van der Waals surface area contributed by atoms with Gasteiger partial charge in [0.25, 0.3) is 0 Å². The van der Waals surface area contributed by atoms with E-state index in [1.165, 1.54) is 33.2 Å². The highest BCUT2D eigenvalue weighted by Gasteiger charge is 2.13. The molecule has 24 heavy (non-hydrogen) atoms. The van der Waals surface area contributed by atoms with Crippen LogP contribution in [0.3, 0.4) is 0 Å². The lowest BCUT2D eigenvalue weighted by Gasteiger charge is -2.03. The van der Waals surface area contributed by atoms with Gasteiger partial charge in [-0.25, -0.2) is 0 Å². The van der Waals surface area contributed by atoms with Crippen LogP contribution in [-0.2, 0) is 0 Å². The predicted molar refractivity (Wildman–Crippen MR) is 98.3 cm³/mol. The summed E-state index contributed by atoms with van der Waals surface area (Å²) in [6.45, 7) is 0. The van der Waals surface area contributed by atoms with Crippen molar-refractivity contribution < 1.29 is 0 Å². The van der Waals surface area contributed by atoms with Crippen molar-refractivity contribution in [2.75, 3.05) is 17.3 Å². The first-order valence-electron chi connectivity index (χ1n) is 7.09. The summed E-state index contributed by atoms with van der Waals surface area (Å²) in [5.74, 6) is 0.299. The number of anilines is 3. The zero-order valence-corrected chi connectivity index (χ0v) is 14.3. The Morgan fingerprint density at radius 3 is 2.75 bits per heavy atom. The van der Waals surface area contributed by atoms with E-state index in [9.17, 15) is 0 Å². The molecule has 0 radical (unpaired) electrons. The predicted octanol–water partition coefficient (Wildman–Crippen LogP) is 3.32. The molecule has 0 aliphatic carbocycles. The van der Waals surface area contributed by atoms with E-state index >= 15 is 0 Å². The standard InChI is InChI=1S/C15H13N7S2/c1-23-14-18-12(16)22(21-14)15-20-19-13(24-15)17-11-7-6-9-4-2-3-5-10(9)8-11/h2-8H,1H3,(H,17,19)(H2,16,18,21). The van der Waals surface area contributed by atoms with Gasteiger partial charge in [-0.1, -0.05) is 53.4 Å². The number of benzene rings is 2. The molecule has 2 heterocycles. The molecule has 3 N–H and O–H groups in total. The number of thioether (sulfide) groups is 1. The van der Waals surface area contributed by atoms with Crippen LogP contribution in [0, 0.1) is 0 Å². The Labute approximate surface area is 145 Å². The average Bonchev–Trinajstić information content (AvgIpc) is 3.21. The van der Waals surface area contributed by atoms with Crippen molar-refractivity contribution in [3.63, 3.8) is 0 Å². The molecule has 0 fully saturated rings. The molecule has 0 amide bonds. The highest BCUT2D eigenvalue weighted by Crippen LogP contribution is 2.26. The average molecular weight is 355 g/mol. The monoisotopic (exact) mass is 355 g/mol. The zero-order valence-electron chi connectivity index (χ0n) is 12.7. The van der Waals surface area contributed by atoms with Crippen LogP contribution in [0.25, 0.3) is 15.9 Å². The molecule has 4 rings (SSSR count). The third-order valence-corrected chi connectivity index (χ3v) is 4.74. The Morgan fingerprint density at radius 1 is 1.12 bits per heavy atom. The molecular formula is C15H13N7S2. The maximum absolute atomic E-state index is 5.87. The van der Waals surface area contributed by atoms with Gasteiger partial charge in [0.2, 0.25) is 21.4 Å². The molecule has 2 aromatic carbocycles. The Kier molecular flexibility index (Phi) is 3.79. The largest absolute Gasteiger partial charge is 0.368 e. The number of nitrogen functional groups attached to an aromatic ring is 1. The quantitative estimate of drug-likeness (QED) is 0.542. The summed E-state index contributed by atoms with van der Waals surface area (Å²) in [6.07, 6.45) is 1.89. The number of nitrogens with zero attached hydrogens (tertiary/aromatic N) is 5. The molecule has 0 saturated heterocycles. The SMILES string of the molecule is CSc1nc(N)n(-c2nnc(Nc3ccc4ccccc4c3)s2)n1. The molecule has 4 aromatic rings. The lowest BCUT2D eigenvalue weighted by Crippen LogP contribution is -2.01. The summed E-state index contributed by atoms with van der Waals surface area (Å²) in [7, 11) is 0. The molecule has 0 aliphatic heterocycles. The zero-order chi connectivity index (χ0) is 16.5. The second kappa shape index (κ2) is 6.10. The van der Waals surface area contributed by atoms with Gasteiger partial charge in [-0.2, -0.15) is 9.67 Å². The van der Waals surface area contributed by atoms with Crippen molar-refractivity contribution >= 4 is 50.6 Å². The fourth-order valence-corrected chi connectivity index (χ4v) is 3.35. The minimum absolute atomic E-state index is 0.299. The number of aromatic nitrogens is 5. The van der Waals surface area contributed by atoms with Crippen molar-refractivity contribution in [1.29, 1.82) is 0 Å². The van der Waals surface area contributed by atoms with Crippen molar-refractivity contribution in [3.8, 4) is 5.13 Å². The highest BCUT2D eigenvalue weighted by molar-refractivity contribution is 7.98. The number of nitrogens with two attached hydrogens (primary N) is 1. The summed E-state index contributed by atoms with van der Waals surface area (Å²) < 4.78 is 1.50. The maximum atomic E-state index is 5.87. The number of nitrogens with one attached hydrogen (secondary N) is 1. The van der Waals surface area contributed by atoms with Crippen molar-refractivity contribution in [2.24, 2.45) is 0 Å². The molecule has 0 saturated carbocycles. The van der Waals surface area contributed by atoms with Gasteiger partial charge in [-0.15, -0.1) is 15.3 Å². The smallest absolute Gasteiger partial charge is 0.237 e. The van der Waals surface area contributed by atoms with E-state index in [1.54, 1.807) is 0 Å². The summed E-state index contributed by atoms with van der Waals surface area (Å²) in [6, 6.07) is 14.4. The minimum atomic E-state index is 0.299. The molecule has 2 aromatic heterocycles. The summed E-state index contributed by atoms with van der Waals surface area (Å²) in [5.41, 5.74) is 6.82. The first kappa shape index (κ1) is 14.9. The van der Waals surface area contributed by atoms with Crippen LogP contribution in [0.4, 0.5) is 16.8 Å².